The highest BCUT2D eigenvalue weighted by Crippen LogP contribution is 2.28. The van der Waals surface area contributed by atoms with E-state index in [9.17, 15) is 0 Å². The summed E-state index contributed by atoms with van der Waals surface area (Å²) in [6, 6.07) is 0. The maximum absolute atomic E-state index is 4.52. The molecule has 0 amide bonds. The predicted molar refractivity (Wildman–Crippen MR) is 83.2 cm³/mol. The van der Waals surface area contributed by atoms with Crippen LogP contribution in [-0.2, 0) is 13.1 Å². The summed E-state index contributed by atoms with van der Waals surface area (Å²) < 4.78 is 3.25. The SMILES string of the molecule is CCn1nc(C)c(Br)c1CNCCCC1CCCC1. The normalized spacial score (nSPS) is 16.4. The number of rotatable bonds is 7. The van der Waals surface area contributed by atoms with Crippen molar-refractivity contribution in [3.8, 4) is 0 Å². The van der Waals surface area contributed by atoms with Gasteiger partial charge in [0.15, 0.2) is 0 Å². The van der Waals surface area contributed by atoms with Gasteiger partial charge in [-0.05, 0) is 55.1 Å². The molecule has 19 heavy (non-hydrogen) atoms. The molecule has 4 heteroatoms. The van der Waals surface area contributed by atoms with Crippen LogP contribution in [0.5, 0.6) is 0 Å². The third-order valence-corrected chi connectivity index (χ3v) is 5.22. The van der Waals surface area contributed by atoms with Gasteiger partial charge in [0, 0.05) is 13.1 Å². The van der Waals surface area contributed by atoms with Crippen LogP contribution in [0.3, 0.4) is 0 Å². The second-order valence-corrected chi connectivity index (χ2v) is 6.42. The van der Waals surface area contributed by atoms with Gasteiger partial charge in [-0.15, -0.1) is 0 Å². The van der Waals surface area contributed by atoms with Gasteiger partial charge >= 0.3 is 0 Å². The molecule has 2 rings (SSSR count). The molecule has 0 atom stereocenters. The third-order valence-electron chi connectivity index (χ3n) is 4.19. The molecule has 1 aliphatic rings. The zero-order chi connectivity index (χ0) is 13.7. The Morgan fingerprint density at radius 1 is 1.37 bits per heavy atom. The van der Waals surface area contributed by atoms with Crippen LogP contribution in [-0.4, -0.2) is 16.3 Å². The van der Waals surface area contributed by atoms with E-state index in [4.69, 9.17) is 0 Å². The molecule has 1 fully saturated rings. The van der Waals surface area contributed by atoms with Crippen molar-refractivity contribution in [2.24, 2.45) is 5.92 Å². The fourth-order valence-corrected chi connectivity index (χ4v) is 3.48. The Morgan fingerprint density at radius 3 is 2.79 bits per heavy atom. The molecule has 1 aliphatic carbocycles. The quantitative estimate of drug-likeness (QED) is 0.766. The molecule has 1 saturated carbocycles. The lowest BCUT2D eigenvalue weighted by molar-refractivity contribution is 0.466. The van der Waals surface area contributed by atoms with Crippen molar-refractivity contribution in [3.63, 3.8) is 0 Å². The highest BCUT2D eigenvalue weighted by Gasteiger charge is 2.14. The molecule has 3 nitrogen and oxygen atoms in total. The minimum Gasteiger partial charge on any atom is -0.311 e. The molecular formula is C15H26BrN3. The number of aryl methyl sites for hydroxylation is 2. The van der Waals surface area contributed by atoms with E-state index < -0.39 is 0 Å². The van der Waals surface area contributed by atoms with E-state index in [0.717, 1.165) is 35.7 Å². The fourth-order valence-electron chi connectivity index (χ4n) is 3.06. The lowest BCUT2D eigenvalue weighted by Gasteiger charge is -2.10. The van der Waals surface area contributed by atoms with E-state index in [-0.39, 0.29) is 0 Å². The van der Waals surface area contributed by atoms with Gasteiger partial charge in [0.1, 0.15) is 0 Å². The van der Waals surface area contributed by atoms with Gasteiger partial charge in [0.25, 0.3) is 0 Å². The van der Waals surface area contributed by atoms with Gasteiger partial charge in [-0.1, -0.05) is 25.7 Å². The Bertz CT molecular complexity index is 394. The first kappa shape index (κ1) is 15.0. The summed E-state index contributed by atoms with van der Waals surface area (Å²) in [5.41, 5.74) is 2.37. The van der Waals surface area contributed by atoms with E-state index in [2.05, 4.69) is 44.9 Å². The minimum atomic E-state index is 0.917. The lowest BCUT2D eigenvalue weighted by atomic mass is 10.0. The monoisotopic (exact) mass is 327 g/mol. The van der Waals surface area contributed by atoms with Crippen LogP contribution in [0.15, 0.2) is 4.47 Å². The fraction of sp³-hybridized carbons (Fsp3) is 0.800. The average Bonchev–Trinajstić information content (AvgIpc) is 3.01. The maximum atomic E-state index is 4.52. The highest BCUT2D eigenvalue weighted by molar-refractivity contribution is 9.10. The molecule has 0 aromatic carbocycles. The number of halogens is 1. The highest BCUT2D eigenvalue weighted by atomic mass is 79.9. The Balaban J connectivity index is 1.70. The molecule has 0 bridgehead atoms. The van der Waals surface area contributed by atoms with E-state index >= 15 is 0 Å². The van der Waals surface area contributed by atoms with Crippen molar-refractivity contribution in [3.05, 3.63) is 15.9 Å². The number of nitrogens with zero attached hydrogens (tertiary/aromatic N) is 2. The van der Waals surface area contributed by atoms with Crippen LogP contribution in [0.2, 0.25) is 0 Å². The maximum Gasteiger partial charge on any atom is 0.0739 e. The topological polar surface area (TPSA) is 29.9 Å². The lowest BCUT2D eigenvalue weighted by Crippen LogP contribution is -2.18. The van der Waals surface area contributed by atoms with Gasteiger partial charge in [-0.25, -0.2) is 0 Å². The van der Waals surface area contributed by atoms with Crippen LogP contribution in [0, 0.1) is 12.8 Å². The van der Waals surface area contributed by atoms with Crippen LogP contribution in [0.4, 0.5) is 0 Å². The molecule has 0 aliphatic heterocycles. The Kier molecular flexibility index (Phi) is 5.89. The van der Waals surface area contributed by atoms with Gasteiger partial charge in [-0.3, -0.25) is 4.68 Å². The Hall–Kier alpha value is -0.350. The number of aromatic nitrogens is 2. The number of nitrogens with one attached hydrogen (secondary N) is 1. The number of hydrogen-bond acceptors (Lipinski definition) is 2. The third kappa shape index (κ3) is 4.06. The summed E-state index contributed by atoms with van der Waals surface area (Å²) in [5, 5.41) is 8.08. The molecule has 0 radical (unpaired) electrons. The summed E-state index contributed by atoms with van der Waals surface area (Å²) >= 11 is 3.64. The van der Waals surface area contributed by atoms with Crippen molar-refractivity contribution in [1.82, 2.24) is 15.1 Å². The summed E-state index contributed by atoms with van der Waals surface area (Å²) in [5.74, 6) is 1.01. The zero-order valence-electron chi connectivity index (χ0n) is 12.2. The molecular weight excluding hydrogens is 302 g/mol. The summed E-state index contributed by atoms with van der Waals surface area (Å²) in [4.78, 5) is 0. The second-order valence-electron chi connectivity index (χ2n) is 5.63. The van der Waals surface area contributed by atoms with Crippen molar-refractivity contribution in [2.45, 2.75) is 65.5 Å². The van der Waals surface area contributed by atoms with Crippen LogP contribution in [0.1, 0.15) is 56.8 Å². The van der Waals surface area contributed by atoms with Crippen molar-refractivity contribution < 1.29 is 0 Å². The minimum absolute atomic E-state index is 0.917. The summed E-state index contributed by atoms with van der Waals surface area (Å²) in [6.07, 6.45) is 8.56. The van der Waals surface area contributed by atoms with Crippen molar-refractivity contribution >= 4 is 15.9 Å². The molecule has 0 unspecified atom stereocenters. The first-order chi connectivity index (χ1) is 9.22. The summed E-state index contributed by atoms with van der Waals surface area (Å²) in [7, 11) is 0. The molecule has 1 N–H and O–H groups in total. The van der Waals surface area contributed by atoms with E-state index in [0.29, 0.717) is 0 Å². The van der Waals surface area contributed by atoms with Gasteiger partial charge in [0.2, 0.25) is 0 Å². The smallest absolute Gasteiger partial charge is 0.0739 e. The standard InChI is InChI=1S/C15H26BrN3/c1-3-19-14(15(16)12(2)18-19)11-17-10-6-9-13-7-4-5-8-13/h13,17H,3-11H2,1-2H3. The molecule has 0 saturated heterocycles. The van der Waals surface area contributed by atoms with E-state index in [1.165, 1.54) is 44.2 Å². The first-order valence-electron chi connectivity index (χ1n) is 7.64. The van der Waals surface area contributed by atoms with Crippen LogP contribution >= 0.6 is 15.9 Å². The molecule has 1 aromatic rings. The summed E-state index contributed by atoms with van der Waals surface area (Å²) in [6.45, 7) is 7.17. The van der Waals surface area contributed by atoms with E-state index in [1.54, 1.807) is 0 Å². The van der Waals surface area contributed by atoms with Gasteiger partial charge in [0.05, 0.1) is 15.9 Å². The van der Waals surface area contributed by atoms with Crippen LogP contribution < -0.4 is 5.32 Å². The molecule has 1 heterocycles. The first-order valence-corrected chi connectivity index (χ1v) is 8.44. The average molecular weight is 328 g/mol. The van der Waals surface area contributed by atoms with Gasteiger partial charge in [-0.2, -0.15) is 5.10 Å². The van der Waals surface area contributed by atoms with Crippen molar-refractivity contribution in [1.29, 1.82) is 0 Å². The van der Waals surface area contributed by atoms with Gasteiger partial charge < -0.3 is 5.32 Å². The Morgan fingerprint density at radius 2 is 2.11 bits per heavy atom. The number of hydrogen-bond donors (Lipinski definition) is 1. The zero-order valence-corrected chi connectivity index (χ0v) is 13.8. The second kappa shape index (κ2) is 7.44. The molecule has 1 aromatic heterocycles. The predicted octanol–water partition coefficient (Wildman–Crippen LogP) is 4.03. The van der Waals surface area contributed by atoms with Crippen molar-refractivity contribution in [2.75, 3.05) is 6.54 Å². The Labute approximate surface area is 125 Å². The van der Waals surface area contributed by atoms with E-state index in [1.807, 2.05) is 0 Å². The largest absolute Gasteiger partial charge is 0.311 e. The molecule has 0 spiro atoms. The van der Waals surface area contributed by atoms with Crippen LogP contribution in [0.25, 0.3) is 0 Å². The molecule has 108 valence electrons.